The summed E-state index contributed by atoms with van der Waals surface area (Å²) in [7, 11) is 0. The molecule has 0 radical (unpaired) electrons. The Kier molecular flexibility index (Phi) is 5.65. The molecule has 3 rings (SSSR count). The molecular formula is C17H15F2N3O4S. The molecular weight excluding hydrogens is 380 g/mol. The lowest BCUT2D eigenvalue weighted by atomic mass is 10.1. The van der Waals surface area contributed by atoms with E-state index in [4.69, 9.17) is 9.15 Å². The first-order chi connectivity index (χ1) is 12.9. The Hall–Kier alpha value is -3.01. The molecule has 1 aromatic carbocycles. The number of hydrogen-bond acceptors (Lipinski definition) is 7. The number of alkyl halides is 2. The van der Waals surface area contributed by atoms with Crippen LogP contribution in [0.5, 0.6) is 11.8 Å². The molecule has 27 heavy (non-hydrogen) atoms. The fraction of sp³-hybridized carbons (Fsp3) is 0.235. The van der Waals surface area contributed by atoms with E-state index >= 15 is 0 Å². The Bertz CT molecular complexity index is 926. The second-order valence-electron chi connectivity index (χ2n) is 5.61. The van der Waals surface area contributed by atoms with Gasteiger partial charge in [0.1, 0.15) is 17.8 Å². The van der Waals surface area contributed by atoms with Crippen LogP contribution in [-0.4, -0.2) is 28.0 Å². The van der Waals surface area contributed by atoms with Gasteiger partial charge in [-0.15, -0.1) is 4.37 Å². The van der Waals surface area contributed by atoms with E-state index in [1.807, 2.05) is 13.8 Å². The number of benzene rings is 1. The standard InChI is InChI=1S/C17H15F2N3O4S/c1-9(2)25-16-21-17(27-22-16)20-14(23)11-7-13(24-8-11)10-4-3-5-12(6-10)26-15(18)19/h3-9,15H,1-2H3,(H,20,21,22,23). The highest BCUT2D eigenvalue weighted by atomic mass is 32.1. The van der Waals surface area contributed by atoms with Crippen molar-refractivity contribution in [3.05, 3.63) is 42.2 Å². The highest BCUT2D eigenvalue weighted by Gasteiger charge is 2.15. The monoisotopic (exact) mass is 395 g/mol. The molecule has 0 saturated heterocycles. The SMILES string of the molecule is CC(C)Oc1nsc(NC(=O)c2coc(-c3cccc(OC(F)F)c3)c2)n1. The highest BCUT2D eigenvalue weighted by molar-refractivity contribution is 7.10. The summed E-state index contributed by atoms with van der Waals surface area (Å²) in [6.07, 6.45) is 1.18. The Morgan fingerprint density at radius 1 is 1.26 bits per heavy atom. The number of aromatic nitrogens is 2. The summed E-state index contributed by atoms with van der Waals surface area (Å²) >= 11 is 0.989. The number of nitrogens with one attached hydrogen (secondary N) is 1. The first-order valence-corrected chi connectivity index (χ1v) is 8.63. The van der Waals surface area contributed by atoms with Crippen LogP contribution in [0.25, 0.3) is 11.3 Å². The zero-order chi connectivity index (χ0) is 19.4. The lowest BCUT2D eigenvalue weighted by Crippen LogP contribution is -2.11. The van der Waals surface area contributed by atoms with Crippen molar-refractivity contribution in [1.29, 1.82) is 0 Å². The topological polar surface area (TPSA) is 86.5 Å². The quantitative estimate of drug-likeness (QED) is 0.637. The number of ether oxygens (including phenoxy) is 2. The maximum absolute atomic E-state index is 12.3. The van der Waals surface area contributed by atoms with Gasteiger partial charge in [-0.2, -0.15) is 13.8 Å². The zero-order valence-electron chi connectivity index (χ0n) is 14.3. The number of carbonyl (C=O) groups is 1. The second kappa shape index (κ2) is 8.12. The minimum absolute atomic E-state index is 0.00329. The van der Waals surface area contributed by atoms with Gasteiger partial charge in [-0.25, -0.2) is 0 Å². The molecule has 0 bridgehead atoms. The number of furan rings is 1. The van der Waals surface area contributed by atoms with Gasteiger partial charge >= 0.3 is 12.6 Å². The number of rotatable bonds is 7. The third kappa shape index (κ3) is 5.00. The van der Waals surface area contributed by atoms with Gasteiger partial charge in [0.25, 0.3) is 5.91 Å². The van der Waals surface area contributed by atoms with Crippen LogP contribution in [0.2, 0.25) is 0 Å². The summed E-state index contributed by atoms with van der Waals surface area (Å²) in [4.78, 5) is 16.4. The van der Waals surface area contributed by atoms with E-state index in [1.165, 1.54) is 24.5 Å². The summed E-state index contributed by atoms with van der Waals surface area (Å²) in [5.74, 6) is -0.116. The molecule has 1 N–H and O–H groups in total. The molecule has 0 unspecified atom stereocenters. The highest BCUT2D eigenvalue weighted by Crippen LogP contribution is 2.27. The van der Waals surface area contributed by atoms with E-state index in [1.54, 1.807) is 12.1 Å². The molecule has 3 aromatic rings. The van der Waals surface area contributed by atoms with Gasteiger partial charge in [-0.05, 0) is 32.0 Å². The van der Waals surface area contributed by atoms with Crippen LogP contribution in [0.1, 0.15) is 24.2 Å². The van der Waals surface area contributed by atoms with E-state index in [-0.39, 0.29) is 28.6 Å². The molecule has 0 saturated carbocycles. The average Bonchev–Trinajstić information content (AvgIpc) is 3.23. The molecule has 0 fully saturated rings. The van der Waals surface area contributed by atoms with Gasteiger partial charge in [0.15, 0.2) is 0 Å². The van der Waals surface area contributed by atoms with Crippen LogP contribution in [0.3, 0.4) is 0 Å². The summed E-state index contributed by atoms with van der Waals surface area (Å²) in [6.45, 7) is 0.760. The number of carbonyl (C=O) groups excluding carboxylic acids is 1. The first kappa shape index (κ1) is 18.8. The van der Waals surface area contributed by atoms with Crippen LogP contribution in [0.15, 0.2) is 41.0 Å². The fourth-order valence-corrected chi connectivity index (χ4v) is 2.63. The van der Waals surface area contributed by atoms with Crippen LogP contribution in [0.4, 0.5) is 13.9 Å². The van der Waals surface area contributed by atoms with E-state index in [0.717, 1.165) is 11.5 Å². The van der Waals surface area contributed by atoms with Gasteiger partial charge in [0, 0.05) is 17.1 Å². The number of halogens is 2. The van der Waals surface area contributed by atoms with Gasteiger partial charge in [-0.3, -0.25) is 10.1 Å². The molecule has 7 nitrogen and oxygen atoms in total. The molecule has 142 valence electrons. The lowest BCUT2D eigenvalue weighted by molar-refractivity contribution is -0.0498. The molecule has 2 aromatic heterocycles. The molecule has 0 atom stereocenters. The lowest BCUT2D eigenvalue weighted by Gasteiger charge is -2.05. The van der Waals surface area contributed by atoms with Crippen LogP contribution >= 0.6 is 11.5 Å². The normalized spacial score (nSPS) is 11.0. The molecule has 1 amide bonds. The van der Waals surface area contributed by atoms with Crippen LogP contribution in [-0.2, 0) is 0 Å². The van der Waals surface area contributed by atoms with Gasteiger partial charge in [0.05, 0.1) is 11.7 Å². The van der Waals surface area contributed by atoms with Crippen molar-refractivity contribution in [2.75, 3.05) is 5.32 Å². The van der Waals surface area contributed by atoms with Gasteiger partial charge in [-0.1, -0.05) is 12.1 Å². The molecule has 2 heterocycles. The van der Waals surface area contributed by atoms with E-state index < -0.39 is 12.5 Å². The first-order valence-electron chi connectivity index (χ1n) is 7.86. The smallest absolute Gasteiger partial charge is 0.387 e. The summed E-state index contributed by atoms with van der Waals surface area (Å²) < 4.78 is 43.7. The molecule has 0 aliphatic rings. The molecule has 10 heteroatoms. The van der Waals surface area contributed by atoms with Crippen molar-refractivity contribution in [1.82, 2.24) is 9.36 Å². The number of nitrogens with zero attached hydrogens (tertiary/aromatic N) is 2. The van der Waals surface area contributed by atoms with Gasteiger partial charge < -0.3 is 13.9 Å². The van der Waals surface area contributed by atoms with Crippen molar-refractivity contribution >= 4 is 22.6 Å². The Morgan fingerprint density at radius 3 is 2.81 bits per heavy atom. The fourth-order valence-electron chi connectivity index (χ4n) is 2.12. The number of hydrogen-bond donors (Lipinski definition) is 1. The van der Waals surface area contributed by atoms with Crippen molar-refractivity contribution in [2.24, 2.45) is 0 Å². The third-order valence-electron chi connectivity index (χ3n) is 3.17. The number of amides is 1. The van der Waals surface area contributed by atoms with Crippen LogP contribution in [0, 0.1) is 0 Å². The van der Waals surface area contributed by atoms with E-state index in [0.29, 0.717) is 11.3 Å². The predicted octanol–water partition coefficient (Wildman–Crippen LogP) is 4.44. The minimum Gasteiger partial charge on any atom is -0.464 e. The summed E-state index contributed by atoms with van der Waals surface area (Å²) in [5, 5.41) is 2.88. The maximum Gasteiger partial charge on any atom is 0.387 e. The van der Waals surface area contributed by atoms with Crippen molar-refractivity contribution in [2.45, 2.75) is 26.6 Å². The Morgan fingerprint density at radius 2 is 2.07 bits per heavy atom. The third-order valence-corrected chi connectivity index (χ3v) is 3.79. The van der Waals surface area contributed by atoms with Crippen molar-refractivity contribution in [3.8, 4) is 23.1 Å². The Balaban J connectivity index is 1.70. The van der Waals surface area contributed by atoms with E-state index in [9.17, 15) is 13.6 Å². The summed E-state index contributed by atoms with van der Waals surface area (Å²) in [5.41, 5.74) is 0.738. The number of anilines is 1. The Labute approximate surface area is 157 Å². The van der Waals surface area contributed by atoms with Crippen molar-refractivity contribution < 1.29 is 27.5 Å². The molecule has 0 spiro atoms. The molecule has 0 aliphatic heterocycles. The maximum atomic E-state index is 12.3. The average molecular weight is 395 g/mol. The second-order valence-corrected chi connectivity index (χ2v) is 6.36. The minimum atomic E-state index is -2.92. The summed E-state index contributed by atoms with van der Waals surface area (Å²) in [6, 6.07) is 7.68. The van der Waals surface area contributed by atoms with E-state index in [2.05, 4.69) is 19.4 Å². The largest absolute Gasteiger partial charge is 0.464 e. The predicted molar refractivity (Wildman–Crippen MR) is 94.4 cm³/mol. The van der Waals surface area contributed by atoms with Crippen molar-refractivity contribution in [3.63, 3.8) is 0 Å². The zero-order valence-corrected chi connectivity index (χ0v) is 15.1. The molecule has 0 aliphatic carbocycles. The van der Waals surface area contributed by atoms with Crippen LogP contribution < -0.4 is 14.8 Å². The van der Waals surface area contributed by atoms with Gasteiger partial charge in [0.2, 0.25) is 5.13 Å².